The van der Waals surface area contributed by atoms with Crippen LogP contribution in [0.1, 0.15) is 29.5 Å². The smallest absolute Gasteiger partial charge is 0.123 e. The van der Waals surface area contributed by atoms with Crippen LogP contribution in [0.4, 0.5) is 0 Å². The van der Waals surface area contributed by atoms with Gasteiger partial charge in [-0.2, -0.15) is 0 Å². The lowest BCUT2D eigenvalue weighted by Crippen LogP contribution is -2.50. The summed E-state index contributed by atoms with van der Waals surface area (Å²) in [4.78, 5) is 0. The number of hydrogen-bond donors (Lipinski definition) is 0. The average molecular weight is 403 g/mol. The lowest BCUT2D eigenvalue weighted by molar-refractivity contribution is 0.415. The molecule has 1 atom stereocenters. The van der Waals surface area contributed by atoms with Gasteiger partial charge in [0.2, 0.25) is 0 Å². The monoisotopic (exact) mass is 402 g/mol. The van der Waals surface area contributed by atoms with Crippen molar-refractivity contribution in [3.63, 3.8) is 0 Å². The Morgan fingerprint density at radius 2 is 1.71 bits per heavy atom. The number of rotatable bonds is 3. The van der Waals surface area contributed by atoms with Crippen molar-refractivity contribution < 1.29 is 4.74 Å². The van der Waals surface area contributed by atoms with Crippen LogP contribution >= 0.6 is 11.6 Å². The third kappa shape index (κ3) is 2.75. The van der Waals surface area contributed by atoms with Crippen molar-refractivity contribution in [3.8, 4) is 5.75 Å². The molecule has 140 valence electrons. The van der Waals surface area contributed by atoms with Gasteiger partial charge in [-0.05, 0) is 70.2 Å². The van der Waals surface area contributed by atoms with Crippen LogP contribution in [-0.4, -0.2) is 15.2 Å². The second-order valence-electron chi connectivity index (χ2n) is 7.86. The molecule has 0 fully saturated rings. The maximum Gasteiger partial charge on any atom is 0.123 e. The van der Waals surface area contributed by atoms with E-state index in [1.165, 1.54) is 34.3 Å². The van der Waals surface area contributed by atoms with Gasteiger partial charge in [-0.1, -0.05) is 71.7 Å². The molecule has 0 amide bonds. The summed E-state index contributed by atoms with van der Waals surface area (Å²) < 4.78 is 5.42. The molecule has 2 heterocycles. The molecular weight excluding hydrogens is 380 g/mol. The first-order valence-corrected chi connectivity index (χ1v) is 12.7. The van der Waals surface area contributed by atoms with E-state index >= 15 is 0 Å². The van der Waals surface area contributed by atoms with E-state index in [0.29, 0.717) is 0 Å². The van der Waals surface area contributed by atoms with E-state index in [4.69, 9.17) is 16.3 Å². The lowest BCUT2D eigenvalue weighted by Gasteiger charge is -2.36. The normalized spacial score (nSPS) is 20.6. The Labute approximate surface area is 172 Å². The van der Waals surface area contributed by atoms with Gasteiger partial charge in [-0.3, -0.25) is 0 Å². The van der Waals surface area contributed by atoms with Crippen molar-refractivity contribution in [1.82, 2.24) is 0 Å². The molecule has 0 aliphatic carbocycles. The highest BCUT2D eigenvalue weighted by Crippen LogP contribution is 2.50. The summed E-state index contributed by atoms with van der Waals surface area (Å²) in [5.74, 6) is 0.928. The Hall–Kier alpha value is -2.29. The molecule has 3 aromatic rings. The highest BCUT2D eigenvalue weighted by molar-refractivity contribution is 7.08. The largest absolute Gasteiger partial charge is 0.497 e. The molecule has 0 N–H and O–H groups in total. The zero-order valence-corrected chi connectivity index (χ0v) is 17.8. The van der Waals surface area contributed by atoms with Gasteiger partial charge in [0.15, 0.2) is 0 Å². The summed E-state index contributed by atoms with van der Waals surface area (Å²) >= 11 is 6.39. The Kier molecular flexibility index (Phi) is 4.41. The number of benzene rings is 3. The molecule has 3 aromatic carbocycles. The summed E-state index contributed by atoms with van der Waals surface area (Å²) in [6, 6.07) is 28.8. The minimum absolute atomic E-state index is 0.845. The molecule has 2 aliphatic heterocycles. The van der Waals surface area contributed by atoms with Gasteiger partial charge in [0.25, 0.3) is 0 Å². The fraction of sp³-hybridized carbons (Fsp3) is 0.200. The predicted octanol–water partition coefficient (Wildman–Crippen LogP) is 6.04. The van der Waals surface area contributed by atoms with Gasteiger partial charge < -0.3 is 4.74 Å². The van der Waals surface area contributed by atoms with Crippen molar-refractivity contribution in [3.05, 3.63) is 94.5 Å². The third-order valence-corrected chi connectivity index (χ3v) is 11.8. The summed E-state index contributed by atoms with van der Waals surface area (Å²) in [6.07, 6.45) is 2.42. The zero-order valence-electron chi connectivity index (χ0n) is 16.0. The lowest BCUT2D eigenvalue weighted by atomic mass is 9.96. The van der Waals surface area contributed by atoms with Gasteiger partial charge in [0.05, 0.1) is 7.11 Å². The Bertz CT molecular complexity index is 1060. The second-order valence-corrected chi connectivity index (χ2v) is 12.4. The first-order valence-electron chi connectivity index (χ1n) is 9.94. The molecule has 0 bridgehead atoms. The zero-order chi connectivity index (χ0) is 19.1. The minimum atomic E-state index is -1.87. The van der Waals surface area contributed by atoms with E-state index in [2.05, 4.69) is 72.8 Å². The molecule has 1 nitrogen and oxygen atoms in total. The summed E-state index contributed by atoms with van der Waals surface area (Å²) in [5, 5.41) is 4.00. The molecule has 5 rings (SSSR count). The highest BCUT2D eigenvalue weighted by Gasteiger charge is 2.48. The molecule has 28 heavy (non-hydrogen) atoms. The number of fused-ring (bicyclic) bond motifs is 3. The van der Waals surface area contributed by atoms with E-state index in [1.54, 1.807) is 17.9 Å². The Morgan fingerprint density at radius 1 is 0.929 bits per heavy atom. The first kappa shape index (κ1) is 17.8. The maximum atomic E-state index is 6.39. The molecule has 0 saturated heterocycles. The summed E-state index contributed by atoms with van der Waals surface area (Å²) in [7, 11) is -0.135. The fourth-order valence-electron chi connectivity index (χ4n) is 5.21. The molecule has 0 radical (unpaired) electrons. The maximum absolute atomic E-state index is 6.39. The molecule has 0 aromatic heterocycles. The van der Waals surface area contributed by atoms with Crippen LogP contribution in [0, 0.1) is 0 Å². The van der Waals surface area contributed by atoms with Crippen molar-refractivity contribution in [2.24, 2.45) is 0 Å². The van der Waals surface area contributed by atoms with Gasteiger partial charge in [-0.15, -0.1) is 0 Å². The van der Waals surface area contributed by atoms with Gasteiger partial charge in [0, 0.05) is 5.02 Å². The number of hydrogen-bond acceptors (Lipinski definition) is 1. The number of ether oxygens (including phenoxy) is 1. The third-order valence-electron chi connectivity index (χ3n) is 6.40. The SMILES string of the molecule is COc1ccc([Si@]23CCCC(c4ccccc4)=C2c2ccc(Cl)cc2C3)cc1. The van der Waals surface area contributed by atoms with E-state index < -0.39 is 8.07 Å². The van der Waals surface area contributed by atoms with Crippen LogP contribution < -0.4 is 9.92 Å². The van der Waals surface area contributed by atoms with Crippen LogP contribution in [0.3, 0.4) is 0 Å². The van der Waals surface area contributed by atoms with E-state index in [9.17, 15) is 0 Å². The second kappa shape index (κ2) is 6.95. The van der Waals surface area contributed by atoms with Gasteiger partial charge in [0.1, 0.15) is 13.8 Å². The molecule has 0 unspecified atom stereocenters. The van der Waals surface area contributed by atoms with Crippen molar-refractivity contribution in [2.45, 2.75) is 24.9 Å². The first-order chi connectivity index (χ1) is 13.7. The van der Waals surface area contributed by atoms with Gasteiger partial charge in [-0.25, -0.2) is 0 Å². The number of allylic oxidation sites excluding steroid dienone is 1. The van der Waals surface area contributed by atoms with Crippen molar-refractivity contribution >= 4 is 35.6 Å². The summed E-state index contributed by atoms with van der Waals surface area (Å²) in [5.41, 5.74) is 5.80. The molecule has 0 spiro atoms. The van der Waals surface area contributed by atoms with E-state index in [0.717, 1.165) is 23.2 Å². The topological polar surface area (TPSA) is 9.23 Å². The van der Waals surface area contributed by atoms with Crippen LogP contribution in [0.15, 0.2) is 72.8 Å². The number of methoxy groups -OCH3 is 1. The van der Waals surface area contributed by atoms with Crippen LogP contribution in [0.25, 0.3) is 10.8 Å². The van der Waals surface area contributed by atoms with Crippen LogP contribution in [0.5, 0.6) is 5.75 Å². The van der Waals surface area contributed by atoms with Crippen molar-refractivity contribution in [2.75, 3.05) is 7.11 Å². The van der Waals surface area contributed by atoms with Crippen LogP contribution in [-0.2, 0) is 6.04 Å². The quantitative estimate of drug-likeness (QED) is 0.485. The summed E-state index contributed by atoms with van der Waals surface area (Å²) in [6.45, 7) is 0. The molecular formula is C25H23ClOSi. The van der Waals surface area contributed by atoms with E-state index in [-0.39, 0.29) is 0 Å². The molecule has 3 heteroatoms. The van der Waals surface area contributed by atoms with Gasteiger partial charge >= 0.3 is 0 Å². The standard InChI is InChI=1S/C25H23ClOSi/c1-27-21-10-12-22(13-11-21)28-15-5-8-23(18-6-3-2-4-7-18)25(28)24-14-9-20(26)16-19(24)17-28/h2-4,6-7,9-14,16H,5,8,15,17H2,1H3/t28-/m1/s1. The van der Waals surface area contributed by atoms with Crippen LogP contribution in [0.2, 0.25) is 11.1 Å². The Morgan fingerprint density at radius 3 is 2.46 bits per heavy atom. The fourth-order valence-corrected chi connectivity index (χ4v) is 10.9. The predicted molar refractivity (Wildman–Crippen MR) is 121 cm³/mol. The molecule has 2 aliphatic rings. The number of halogens is 1. The Balaban J connectivity index is 1.77. The highest BCUT2D eigenvalue weighted by atomic mass is 35.5. The van der Waals surface area contributed by atoms with E-state index in [1.807, 2.05) is 0 Å². The molecule has 0 saturated carbocycles. The average Bonchev–Trinajstić information content (AvgIpc) is 3.09. The van der Waals surface area contributed by atoms with Crippen molar-refractivity contribution in [1.29, 1.82) is 0 Å². The minimum Gasteiger partial charge on any atom is -0.497 e.